The number of anilines is 1. The van der Waals surface area contributed by atoms with Crippen LogP contribution in [0.2, 0.25) is 0 Å². The molecule has 0 aliphatic rings. The highest BCUT2D eigenvalue weighted by Crippen LogP contribution is 2.38. The number of methoxy groups -OCH3 is 3. The number of nitrogens with one attached hydrogen (secondary N) is 1. The molecule has 2 aromatic rings. The maximum Gasteiger partial charge on any atom is 0.253 e. The molecule has 0 fully saturated rings. The van der Waals surface area contributed by atoms with Gasteiger partial charge in [-0.15, -0.1) is 0 Å². The summed E-state index contributed by atoms with van der Waals surface area (Å²) < 4.78 is 15.9. The van der Waals surface area contributed by atoms with Crippen LogP contribution in [0.15, 0.2) is 36.4 Å². The van der Waals surface area contributed by atoms with E-state index in [1.54, 1.807) is 50.5 Å². The third kappa shape index (κ3) is 4.91. The SMILES string of the molecule is COc1cc(CC(=O)Nc2ccc(C(=O)N(C)C)cc2)cc(OC)c1OC. The van der Waals surface area contributed by atoms with Crippen LogP contribution in [0.4, 0.5) is 5.69 Å². The fourth-order valence-corrected chi connectivity index (χ4v) is 2.58. The number of carbonyl (C=O) groups is 2. The minimum atomic E-state index is -0.198. The quantitative estimate of drug-likeness (QED) is 0.808. The highest BCUT2D eigenvalue weighted by atomic mass is 16.5. The van der Waals surface area contributed by atoms with Gasteiger partial charge in [0.1, 0.15) is 0 Å². The van der Waals surface area contributed by atoms with Crippen LogP contribution in [0.3, 0.4) is 0 Å². The van der Waals surface area contributed by atoms with Crippen molar-refractivity contribution in [1.82, 2.24) is 4.90 Å². The predicted octanol–water partition coefficient (Wildman–Crippen LogP) is 2.60. The first kappa shape index (κ1) is 20.1. The van der Waals surface area contributed by atoms with Gasteiger partial charge >= 0.3 is 0 Å². The molecule has 0 saturated heterocycles. The summed E-state index contributed by atoms with van der Waals surface area (Å²) in [4.78, 5) is 25.8. The molecular weight excluding hydrogens is 348 g/mol. The van der Waals surface area contributed by atoms with Crippen LogP contribution >= 0.6 is 0 Å². The van der Waals surface area contributed by atoms with E-state index in [9.17, 15) is 9.59 Å². The molecule has 1 N–H and O–H groups in total. The van der Waals surface area contributed by atoms with Gasteiger partial charge < -0.3 is 24.4 Å². The molecule has 2 amide bonds. The smallest absolute Gasteiger partial charge is 0.253 e. The molecule has 0 aliphatic heterocycles. The molecule has 0 radical (unpaired) electrons. The Balaban J connectivity index is 2.10. The summed E-state index contributed by atoms with van der Waals surface area (Å²) in [5.74, 6) is 1.17. The van der Waals surface area contributed by atoms with E-state index in [1.807, 2.05) is 0 Å². The summed E-state index contributed by atoms with van der Waals surface area (Å²) in [6, 6.07) is 10.2. The Labute approximate surface area is 158 Å². The van der Waals surface area contributed by atoms with Crippen molar-refractivity contribution in [1.29, 1.82) is 0 Å². The summed E-state index contributed by atoms with van der Waals surface area (Å²) in [5, 5.41) is 2.81. The molecule has 0 spiro atoms. The second-order valence-corrected chi connectivity index (χ2v) is 6.04. The Hall–Kier alpha value is -3.22. The third-order valence-electron chi connectivity index (χ3n) is 3.91. The van der Waals surface area contributed by atoms with Crippen molar-refractivity contribution in [3.63, 3.8) is 0 Å². The van der Waals surface area contributed by atoms with Crippen molar-refractivity contribution in [3.8, 4) is 17.2 Å². The van der Waals surface area contributed by atoms with Crippen LogP contribution in [0.5, 0.6) is 17.2 Å². The second-order valence-electron chi connectivity index (χ2n) is 6.04. The van der Waals surface area contributed by atoms with E-state index in [0.29, 0.717) is 28.5 Å². The fourth-order valence-electron chi connectivity index (χ4n) is 2.58. The average Bonchev–Trinajstić information content (AvgIpc) is 2.66. The molecular formula is C20H24N2O5. The normalized spacial score (nSPS) is 10.1. The number of hydrogen-bond donors (Lipinski definition) is 1. The van der Waals surface area contributed by atoms with E-state index in [-0.39, 0.29) is 18.2 Å². The van der Waals surface area contributed by atoms with Gasteiger partial charge in [0.05, 0.1) is 27.8 Å². The van der Waals surface area contributed by atoms with E-state index in [0.717, 1.165) is 5.56 Å². The van der Waals surface area contributed by atoms with Crippen molar-refractivity contribution in [2.45, 2.75) is 6.42 Å². The summed E-state index contributed by atoms with van der Waals surface area (Å²) in [6.45, 7) is 0. The number of hydrogen-bond acceptors (Lipinski definition) is 5. The third-order valence-corrected chi connectivity index (χ3v) is 3.91. The first-order chi connectivity index (χ1) is 12.9. The largest absolute Gasteiger partial charge is 0.493 e. The van der Waals surface area contributed by atoms with Gasteiger partial charge in [0.15, 0.2) is 11.5 Å². The number of nitrogens with zero attached hydrogens (tertiary/aromatic N) is 1. The van der Waals surface area contributed by atoms with E-state index in [2.05, 4.69) is 5.32 Å². The van der Waals surface area contributed by atoms with Crippen LogP contribution in [0.25, 0.3) is 0 Å². The van der Waals surface area contributed by atoms with Gasteiger partial charge in [-0.25, -0.2) is 0 Å². The molecule has 0 unspecified atom stereocenters. The Kier molecular flexibility index (Phi) is 6.65. The van der Waals surface area contributed by atoms with Gasteiger partial charge in [0.25, 0.3) is 5.91 Å². The second kappa shape index (κ2) is 8.93. The number of carbonyl (C=O) groups excluding carboxylic acids is 2. The van der Waals surface area contributed by atoms with Gasteiger partial charge in [0.2, 0.25) is 11.7 Å². The van der Waals surface area contributed by atoms with Crippen molar-refractivity contribution in [2.75, 3.05) is 40.7 Å². The summed E-state index contributed by atoms with van der Waals surface area (Å²) in [5.41, 5.74) is 1.90. The minimum Gasteiger partial charge on any atom is -0.493 e. The Morgan fingerprint density at radius 3 is 1.93 bits per heavy atom. The molecule has 144 valence electrons. The highest BCUT2D eigenvalue weighted by molar-refractivity contribution is 5.96. The van der Waals surface area contributed by atoms with E-state index >= 15 is 0 Å². The van der Waals surface area contributed by atoms with Gasteiger partial charge in [-0.05, 0) is 42.0 Å². The van der Waals surface area contributed by atoms with Crippen LogP contribution in [0, 0.1) is 0 Å². The molecule has 0 heterocycles. The lowest BCUT2D eigenvalue weighted by Gasteiger charge is -2.14. The summed E-state index contributed by atoms with van der Waals surface area (Å²) in [6.07, 6.45) is 0.134. The molecule has 7 heteroatoms. The number of amides is 2. The zero-order valence-corrected chi connectivity index (χ0v) is 16.2. The Morgan fingerprint density at radius 2 is 1.48 bits per heavy atom. The molecule has 0 bridgehead atoms. The zero-order chi connectivity index (χ0) is 20.0. The maximum absolute atomic E-state index is 12.4. The van der Waals surface area contributed by atoms with Crippen LogP contribution < -0.4 is 19.5 Å². The lowest BCUT2D eigenvalue weighted by atomic mass is 10.1. The van der Waals surface area contributed by atoms with Crippen molar-refractivity contribution < 1.29 is 23.8 Å². The number of rotatable bonds is 7. The molecule has 7 nitrogen and oxygen atoms in total. The van der Waals surface area contributed by atoms with Crippen LogP contribution in [-0.2, 0) is 11.2 Å². The predicted molar refractivity (Wildman–Crippen MR) is 103 cm³/mol. The molecule has 2 aromatic carbocycles. The van der Waals surface area contributed by atoms with E-state index in [4.69, 9.17) is 14.2 Å². The average molecular weight is 372 g/mol. The van der Waals surface area contributed by atoms with Crippen molar-refractivity contribution in [3.05, 3.63) is 47.5 Å². The molecule has 0 saturated carbocycles. The molecule has 27 heavy (non-hydrogen) atoms. The number of ether oxygens (including phenoxy) is 3. The first-order valence-corrected chi connectivity index (χ1v) is 8.30. The highest BCUT2D eigenvalue weighted by Gasteiger charge is 2.15. The Bertz CT molecular complexity index is 791. The topological polar surface area (TPSA) is 77.1 Å². The van der Waals surface area contributed by atoms with E-state index in [1.165, 1.54) is 26.2 Å². The van der Waals surface area contributed by atoms with Gasteiger partial charge in [-0.3, -0.25) is 9.59 Å². The lowest BCUT2D eigenvalue weighted by Crippen LogP contribution is -2.21. The fraction of sp³-hybridized carbons (Fsp3) is 0.300. The van der Waals surface area contributed by atoms with Crippen molar-refractivity contribution >= 4 is 17.5 Å². The van der Waals surface area contributed by atoms with Gasteiger partial charge in [0, 0.05) is 25.3 Å². The molecule has 0 aromatic heterocycles. The maximum atomic E-state index is 12.4. The van der Waals surface area contributed by atoms with Crippen molar-refractivity contribution in [2.24, 2.45) is 0 Å². The van der Waals surface area contributed by atoms with E-state index < -0.39 is 0 Å². The number of benzene rings is 2. The minimum absolute atomic E-state index is 0.0923. The molecule has 0 atom stereocenters. The van der Waals surface area contributed by atoms with Gasteiger partial charge in [-0.2, -0.15) is 0 Å². The monoisotopic (exact) mass is 372 g/mol. The molecule has 0 aliphatic carbocycles. The first-order valence-electron chi connectivity index (χ1n) is 8.30. The van der Waals surface area contributed by atoms with Crippen LogP contribution in [-0.4, -0.2) is 52.1 Å². The Morgan fingerprint density at radius 1 is 0.926 bits per heavy atom. The zero-order valence-electron chi connectivity index (χ0n) is 16.2. The molecule has 2 rings (SSSR count). The standard InChI is InChI=1S/C20H24N2O5/c1-22(2)20(24)14-6-8-15(9-7-14)21-18(23)12-13-10-16(25-3)19(27-5)17(11-13)26-4/h6-11H,12H2,1-5H3,(H,21,23). The van der Waals surface area contributed by atoms with Gasteiger partial charge in [-0.1, -0.05) is 0 Å². The summed E-state index contributed by atoms with van der Waals surface area (Å²) >= 11 is 0. The summed E-state index contributed by atoms with van der Waals surface area (Å²) in [7, 11) is 7.96. The lowest BCUT2D eigenvalue weighted by molar-refractivity contribution is -0.115. The van der Waals surface area contributed by atoms with Crippen LogP contribution in [0.1, 0.15) is 15.9 Å².